The van der Waals surface area contributed by atoms with Crippen molar-refractivity contribution in [2.75, 3.05) is 51.2 Å². The lowest BCUT2D eigenvalue weighted by molar-refractivity contribution is -0.137. The number of para-hydroxylation sites is 2. The van der Waals surface area contributed by atoms with E-state index in [0.29, 0.717) is 5.91 Å². The molecule has 0 saturated carbocycles. The van der Waals surface area contributed by atoms with Gasteiger partial charge in [0.25, 0.3) is 0 Å². The Morgan fingerprint density at radius 3 is 2.58 bits per heavy atom. The number of amides is 1. The third-order valence-electron chi connectivity index (χ3n) is 6.84. The van der Waals surface area contributed by atoms with Crippen LogP contribution in [0, 0.1) is 5.92 Å². The summed E-state index contributed by atoms with van der Waals surface area (Å²) in [5.41, 5.74) is 4.45. The van der Waals surface area contributed by atoms with Gasteiger partial charge in [0, 0.05) is 57.6 Å². The highest BCUT2D eigenvalue weighted by molar-refractivity contribution is 5.82. The van der Waals surface area contributed by atoms with Crippen LogP contribution in [0.4, 0.5) is 5.69 Å². The summed E-state index contributed by atoms with van der Waals surface area (Å²) in [6, 6.07) is 16.9. The molecular weight excluding hydrogens is 386 g/mol. The Kier molecular flexibility index (Phi) is 5.40. The molecule has 1 amide bonds. The molecule has 3 heterocycles. The van der Waals surface area contributed by atoms with E-state index in [0.717, 1.165) is 74.5 Å². The van der Waals surface area contributed by atoms with Gasteiger partial charge in [-0.05, 0) is 44.2 Å². The van der Waals surface area contributed by atoms with Crippen molar-refractivity contribution in [3.8, 4) is 11.4 Å². The van der Waals surface area contributed by atoms with Gasteiger partial charge in [-0.2, -0.15) is 0 Å². The van der Waals surface area contributed by atoms with Crippen LogP contribution in [0.25, 0.3) is 22.4 Å². The molecule has 0 radical (unpaired) electrons. The highest BCUT2D eigenvalue weighted by Crippen LogP contribution is 2.30. The van der Waals surface area contributed by atoms with Crippen LogP contribution in [0.15, 0.2) is 48.5 Å². The molecule has 2 aromatic carbocycles. The van der Waals surface area contributed by atoms with Crippen LogP contribution >= 0.6 is 0 Å². The fraction of sp³-hybridized carbons (Fsp3) is 0.440. The summed E-state index contributed by atoms with van der Waals surface area (Å²) >= 11 is 0. The Hall–Kier alpha value is -2.86. The fourth-order valence-electron chi connectivity index (χ4n) is 4.94. The number of carbonyl (C=O) groups excluding carboxylic acids is 1. The molecule has 0 spiro atoms. The summed E-state index contributed by atoms with van der Waals surface area (Å²) in [6.45, 7) is 5.46. The Balaban J connectivity index is 1.35. The van der Waals surface area contributed by atoms with Crippen molar-refractivity contribution >= 4 is 22.6 Å². The van der Waals surface area contributed by atoms with E-state index in [2.05, 4.69) is 75.8 Å². The third-order valence-corrected chi connectivity index (χ3v) is 6.84. The number of piperazine rings is 1. The number of fused-ring (bicyclic) bond motifs is 1. The van der Waals surface area contributed by atoms with Gasteiger partial charge in [0.2, 0.25) is 5.91 Å². The van der Waals surface area contributed by atoms with Crippen molar-refractivity contribution in [2.24, 2.45) is 13.0 Å². The molecule has 3 aromatic rings. The third kappa shape index (κ3) is 3.92. The Bertz CT molecular complexity index is 1080. The zero-order chi connectivity index (χ0) is 21.4. The van der Waals surface area contributed by atoms with Gasteiger partial charge in [0.15, 0.2) is 0 Å². The maximum absolute atomic E-state index is 13.1. The molecule has 1 unspecified atom stereocenters. The number of aromatic nitrogens is 2. The summed E-state index contributed by atoms with van der Waals surface area (Å²) < 4.78 is 2.16. The number of rotatable bonds is 3. The molecule has 0 aliphatic carbocycles. The van der Waals surface area contributed by atoms with Gasteiger partial charge in [-0.3, -0.25) is 4.79 Å². The Labute approximate surface area is 184 Å². The number of anilines is 1. The first kappa shape index (κ1) is 20.1. The molecule has 1 atom stereocenters. The zero-order valence-corrected chi connectivity index (χ0v) is 18.5. The normalized spacial score (nSPS) is 20.4. The van der Waals surface area contributed by atoms with E-state index in [-0.39, 0.29) is 5.92 Å². The van der Waals surface area contributed by atoms with Gasteiger partial charge in [-0.1, -0.05) is 24.3 Å². The van der Waals surface area contributed by atoms with Gasteiger partial charge in [0.1, 0.15) is 5.82 Å². The first-order valence-corrected chi connectivity index (χ1v) is 11.3. The monoisotopic (exact) mass is 417 g/mol. The summed E-state index contributed by atoms with van der Waals surface area (Å²) in [5, 5.41) is 0. The van der Waals surface area contributed by atoms with Crippen molar-refractivity contribution < 1.29 is 4.79 Å². The second kappa shape index (κ2) is 8.35. The maximum atomic E-state index is 13.1. The quantitative estimate of drug-likeness (QED) is 0.656. The van der Waals surface area contributed by atoms with Gasteiger partial charge < -0.3 is 19.3 Å². The molecule has 6 heteroatoms. The smallest absolute Gasteiger partial charge is 0.227 e. The lowest BCUT2D eigenvalue weighted by Crippen LogP contribution is -2.51. The predicted molar refractivity (Wildman–Crippen MR) is 125 cm³/mol. The van der Waals surface area contributed by atoms with Crippen LogP contribution in [0.1, 0.15) is 12.8 Å². The van der Waals surface area contributed by atoms with E-state index in [1.807, 2.05) is 6.07 Å². The van der Waals surface area contributed by atoms with E-state index in [4.69, 9.17) is 4.98 Å². The van der Waals surface area contributed by atoms with Crippen LogP contribution in [0.2, 0.25) is 0 Å². The largest absolute Gasteiger partial charge is 0.371 e. The number of hydrogen-bond acceptors (Lipinski definition) is 4. The molecule has 0 bridgehead atoms. The van der Waals surface area contributed by atoms with Crippen LogP contribution < -0.4 is 4.90 Å². The minimum absolute atomic E-state index is 0.0940. The number of hydrogen-bond donors (Lipinski definition) is 0. The molecular formula is C25H31N5O. The van der Waals surface area contributed by atoms with Crippen LogP contribution in [0.3, 0.4) is 0 Å². The molecule has 2 aliphatic rings. The van der Waals surface area contributed by atoms with E-state index >= 15 is 0 Å². The molecule has 2 saturated heterocycles. The Morgan fingerprint density at radius 2 is 1.77 bits per heavy atom. The SMILES string of the molecule is CN1CCN(C(=O)C2CCCN(c3cccc(-c4nc5ccccc5n4C)c3)C2)CC1. The average Bonchev–Trinajstić information content (AvgIpc) is 3.16. The highest BCUT2D eigenvalue weighted by Gasteiger charge is 2.30. The van der Waals surface area contributed by atoms with Crippen LogP contribution in [-0.4, -0.2) is 71.6 Å². The van der Waals surface area contributed by atoms with Gasteiger partial charge in [-0.15, -0.1) is 0 Å². The number of nitrogens with zero attached hydrogens (tertiary/aromatic N) is 5. The number of likely N-dealkylation sites (N-methyl/N-ethyl adjacent to an activating group) is 1. The van der Waals surface area contributed by atoms with E-state index in [9.17, 15) is 4.79 Å². The van der Waals surface area contributed by atoms with Crippen LogP contribution in [0.5, 0.6) is 0 Å². The lowest BCUT2D eigenvalue weighted by atomic mass is 9.95. The van der Waals surface area contributed by atoms with E-state index < -0.39 is 0 Å². The summed E-state index contributed by atoms with van der Waals surface area (Å²) in [4.78, 5) is 24.7. The predicted octanol–water partition coefficient (Wildman–Crippen LogP) is 3.23. The molecule has 2 fully saturated rings. The summed E-state index contributed by atoms with van der Waals surface area (Å²) in [5.74, 6) is 1.41. The van der Waals surface area contributed by atoms with E-state index in [1.54, 1.807) is 0 Å². The second-order valence-electron chi connectivity index (χ2n) is 8.95. The van der Waals surface area contributed by atoms with Crippen molar-refractivity contribution in [1.82, 2.24) is 19.4 Å². The standard InChI is InChI=1S/C25H31N5O/c1-27-13-15-29(16-14-27)25(31)20-8-6-12-30(18-20)21-9-5-7-19(17-21)24-26-22-10-3-4-11-23(22)28(24)2/h3-5,7,9-11,17,20H,6,8,12-16,18H2,1-2H3. The second-order valence-corrected chi connectivity index (χ2v) is 8.95. The molecule has 2 aliphatic heterocycles. The van der Waals surface area contributed by atoms with Gasteiger partial charge in [0.05, 0.1) is 17.0 Å². The van der Waals surface area contributed by atoms with Crippen molar-refractivity contribution in [2.45, 2.75) is 12.8 Å². The molecule has 6 nitrogen and oxygen atoms in total. The first-order valence-electron chi connectivity index (χ1n) is 11.3. The minimum Gasteiger partial charge on any atom is -0.371 e. The maximum Gasteiger partial charge on any atom is 0.227 e. The number of benzene rings is 2. The number of carbonyl (C=O) groups is 1. The van der Waals surface area contributed by atoms with Crippen molar-refractivity contribution in [3.05, 3.63) is 48.5 Å². The Morgan fingerprint density at radius 1 is 0.968 bits per heavy atom. The molecule has 31 heavy (non-hydrogen) atoms. The molecule has 162 valence electrons. The summed E-state index contributed by atoms with van der Waals surface area (Å²) in [7, 11) is 4.20. The first-order chi connectivity index (χ1) is 15.1. The number of piperidine rings is 1. The summed E-state index contributed by atoms with van der Waals surface area (Å²) in [6.07, 6.45) is 2.05. The van der Waals surface area contributed by atoms with Gasteiger partial charge in [-0.25, -0.2) is 4.98 Å². The van der Waals surface area contributed by atoms with Gasteiger partial charge >= 0.3 is 0 Å². The minimum atomic E-state index is 0.0940. The van der Waals surface area contributed by atoms with Crippen molar-refractivity contribution in [1.29, 1.82) is 0 Å². The van der Waals surface area contributed by atoms with E-state index in [1.165, 1.54) is 5.69 Å². The number of aryl methyl sites for hydroxylation is 1. The average molecular weight is 418 g/mol. The lowest BCUT2D eigenvalue weighted by Gasteiger charge is -2.39. The molecule has 0 N–H and O–H groups in total. The topological polar surface area (TPSA) is 44.6 Å². The van der Waals surface area contributed by atoms with Crippen LogP contribution in [-0.2, 0) is 11.8 Å². The van der Waals surface area contributed by atoms with Crippen molar-refractivity contribution in [3.63, 3.8) is 0 Å². The molecule has 1 aromatic heterocycles. The highest BCUT2D eigenvalue weighted by atomic mass is 16.2. The molecule has 5 rings (SSSR count). The number of imidazole rings is 1. The fourth-order valence-corrected chi connectivity index (χ4v) is 4.94. The zero-order valence-electron chi connectivity index (χ0n) is 18.5.